The van der Waals surface area contributed by atoms with Crippen molar-refractivity contribution < 1.29 is 9.47 Å². The van der Waals surface area contributed by atoms with E-state index < -0.39 is 0 Å². The minimum atomic E-state index is 0.617. The summed E-state index contributed by atoms with van der Waals surface area (Å²) in [5.74, 6) is 1.73. The first-order chi connectivity index (χ1) is 12.8. The quantitative estimate of drug-likeness (QED) is 0.564. The molecule has 0 aromatic heterocycles. The highest BCUT2D eigenvalue weighted by Crippen LogP contribution is 2.32. The van der Waals surface area contributed by atoms with Crippen LogP contribution in [0.4, 0.5) is 0 Å². The van der Waals surface area contributed by atoms with Crippen molar-refractivity contribution in [2.24, 2.45) is 0 Å². The highest BCUT2D eigenvalue weighted by atomic mass is 16.5. The molecule has 0 bridgehead atoms. The largest absolute Gasteiger partial charge is 0.493 e. The van der Waals surface area contributed by atoms with E-state index in [1.54, 1.807) is 7.11 Å². The van der Waals surface area contributed by atoms with Gasteiger partial charge in [-0.2, -0.15) is 5.26 Å². The van der Waals surface area contributed by atoms with Gasteiger partial charge in [0, 0.05) is 51.3 Å². The Hall–Kier alpha value is -1.77. The van der Waals surface area contributed by atoms with E-state index in [9.17, 15) is 0 Å². The summed E-state index contributed by atoms with van der Waals surface area (Å²) in [5, 5.41) is 8.73. The summed E-state index contributed by atoms with van der Waals surface area (Å²) in [7, 11) is 1.71. The van der Waals surface area contributed by atoms with Gasteiger partial charge < -0.3 is 9.47 Å². The Kier molecular flexibility index (Phi) is 9.30. The van der Waals surface area contributed by atoms with Crippen molar-refractivity contribution in [3.8, 4) is 17.6 Å². The normalized spacial score (nSPS) is 15.6. The van der Waals surface area contributed by atoms with Crippen molar-refractivity contribution in [2.45, 2.75) is 45.6 Å². The van der Waals surface area contributed by atoms with Crippen molar-refractivity contribution in [3.05, 3.63) is 23.8 Å². The molecule has 0 atom stereocenters. The molecule has 0 spiro atoms. The van der Waals surface area contributed by atoms with Crippen LogP contribution >= 0.6 is 0 Å². The molecular formula is C21H33N3O2. The molecule has 144 valence electrons. The zero-order chi connectivity index (χ0) is 18.6. The fraction of sp³-hybridized carbons (Fsp3) is 0.667. The van der Waals surface area contributed by atoms with Crippen LogP contribution in [0.1, 0.15) is 44.6 Å². The fourth-order valence-corrected chi connectivity index (χ4v) is 3.33. The van der Waals surface area contributed by atoms with Crippen molar-refractivity contribution >= 4 is 0 Å². The molecule has 0 aliphatic carbocycles. The summed E-state index contributed by atoms with van der Waals surface area (Å²) in [4.78, 5) is 4.83. The number of piperazine rings is 1. The summed E-state index contributed by atoms with van der Waals surface area (Å²) < 4.78 is 11.7. The maximum atomic E-state index is 8.73. The van der Waals surface area contributed by atoms with E-state index in [0.29, 0.717) is 6.42 Å². The molecule has 1 saturated heterocycles. The maximum absolute atomic E-state index is 8.73. The topological polar surface area (TPSA) is 48.7 Å². The molecule has 0 N–H and O–H groups in total. The van der Waals surface area contributed by atoms with Crippen molar-refractivity contribution in [1.82, 2.24) is 9.80 Å². The highest BCUT2D eigenvalue weighted by Gasteiger charge is 2.19. The lowest BCUT2D eigenvalue weighted by molar-refractivity contribution is 0.127. The van der Waals surface area contributed by atoms with Gasteiger partial charge in [0.15, 0.2) is 11.5 Å². The molecule has 5 heteroatoms. The lowest BCUT2D eigenvalue weighted by Gasteiger charge is -2.34. The minimum absolute atomic E-state index is 0.617. The number of hydrogen-bond acceptors (Lipinski definition) is 5. The summed E-state index contributed by atoms with van der Waals surface area (Å²) in [6.07, 6.45) is 5.42. The first-order valence-corrected chi connectivity index (χ1v) is 9.88. The Morgan fingerprint density at radius 3 is 2.54 bits per heavy atom. The number of hydrogen-bond donors (Lipinski definition) is 0. The predicted molar refractivity (Wildman–Crippen MR) is 105 cm³/mol. The maximum Gasteiger partial charge on any atom is 0.165 e. The molecule has 1 heterocycles. The number of ether oxygens (including phenoxy) is 2. The minimum Gasteiger partial charge on any atom is -0.493 e. The molecule has 0 radical (unpaired) electrons. The lowest BCUT2D eigenvalue weighted by atomic mass is 10.1. The van der Waals surface area contributed by atoms with Gasteiger partial charge in [0.2, 0.25) is 0 Å². The molecule has 0 saturated carbocycles. The molecule has 5 nitrogen and oxygen atoms in total. The first-order valence-electron chi connectivity index (χ1n) is 9.88. The first kappa shape index (κ1) is 20.5. The molecule has 0 unspecified atom stereocenters. The smallest absolute Gasteiger partial charge is 0.165 e. The van der Waals surface area contributed by atoms with Crippen LogP contribution in [0.25, 0.3) is 0 Å². The standard InChI is InChI=1S/C21H33N3O2/c1-3-4-5-6-17-26-21-19(9-7-10-20(21)25-2)18-24-15-13-23(14-16-24)12-8-11-22/h7,9-10H,3-6,8,12-18H2,1-2H3. The predicted octanol–water partition coefficient (Wildman–Crippen LogP) is 3.69. The van der Waals surface area contributed by atoms with E-state index in [2.05, 4.69) is 28.9 Å². The van der Waals surface area contributed by atoms with Gasteiger partial charge in [0.25, 0.3) is 0 Å². The third kappa shape index (κ3) is 6.51. The molecule has 1 aliphatic rings. The van der Waals surface area contributed by atoms with Crippen molar-refractivity contribution in [1.29, 1.82) is 5.26 Å². The highest BCUT2D eigenvalue weighted by molar-refractivity contribution is 5.46. The summed E-state index contributed by atoms with van der Waals surface area (Å²) in [6, 6.07) is 8.40. The van der Waals surface area contributed by atoms with Gasteiger partial charge in [-0.05, 0) is 12.5 Å². The van der Waals surface area contributed by atoms with Crippen LogP contribution in [-0.4, -0.2) is 56.2 Å². The van der Waals surface area contributed by atoms with E-state index >= 15 is 0 Å². The van der Waals surface area contributed by atoms with E-state index in [-0.39, 0.29) is 0 Å². The Bertz CT molecular complexity index is 563. The van der Waals surface area contributed by atoms with Gasteiger partial charge in [-0.15, -0.1) is 0 Å². The Labute approximate surface area is 158 Å². The number of nitriles is 1. The van der Waals surface area contributed by atoms with Crippen LogP contribution < -0.4 is 9.47 Å². The third-order valence-corrected chi connectivity index (χ3v) is 4.92. The van der Waals surface area contributed by atoms with Gasteiger partial charge in [0.05, 0.1) is 19.8 Å². The number of nitrogens with zero attached hydrogens (tertiary/aromatic N) is 3. The lowest BCUT2D eigenvalue weighted by Crippen LogP contribution is -2.46. The molecule has 1 aromatic rings. The second-order valence-corrected chi connectivity index (χ2v) is 6.88. The van der Waals surface area contributed by atoms with Crippen LogP contribution in [0.5, 0.6) is 11.5 Å². The van der Waals surface area contributed by atoms with Crippen LogP contribution in [0.3, 0.4) is 0 Å². The van der Waals surface area contributed by atoms with Crippen LogP contribution in [0, 0.1) is 11.3 Å². The van der Waals surface area contributed by atoms with Gasteiger partial charge >= 0.3 is 0 Å². The number of para-hydroxylation sites is 1. The number of benzene rings is 1. The summed E-state index contributed by atoms with van der Waals surface area (Å²) in [6.45, 7) is 8.84. The molecule has 2 rings (SSSR count). The number of methoxy groups -OCH3 is 1. The third-order valence-electron chi connectivity index (χ3n) is 4.92. The average molecular weight is 360 g/mol. The SMILES string of the molecule is CCCCCCOc1c(CN2CCN(CCC#N)CC2)cccc1OC. The number of unbranched alkanes of at least 4 members (excludes halogenated alkanes) is 3. The molecule has 1 aromatic carbocycles. The fourth-order valence-electron chi connectivity index (χ4n) is 3.33. The monoisotopic (exact) mass is 359 g/mol. The molecular weight excluding hydrogens is 326 g/mol. The second-order valence-electron chi connectivity index (χ2n) is 6.88. The van der Waals surface area contributed by atoms with E-state index in [1.165, 1.54) is 24.8 Å². The van der Waals surface area contributed by atoms with Crippen LogP contribution in [0.2, 0.25) is 0 Å². The molecule has 1 fully saturated rings. The Morgan fingerprint density at radius 2 is 1.85 bits per heavy atom. The van der Waals surface area contributed by atoms with Gasteiger partial charge in [0.1, 0.15) is 0 Å². The average Bonchev–Trinajstić information content (AvgIpc) is 2.68. The summed E-state index contributed by atoms with van der Waals surface area (Å²) >= 11 is 0. The zero-order valence-corrected chi connectivity index (χ0v) is 16.4. The Balaban J connectivity index is 1.91. The van der Waals surface area contributed by atoms with Gasteiger partial charge in [-0.25, -0.2) is 0 Å². The van der Waals surface area contributed by atoms with Gasteiger partial charge in [-0.1, -0.05) is 38.3 Å². The van der Waals surface area contributed by atoms with E-state index in [0.717, 1.165) is 63.8 Å². The molecule has 1 aliphatic heterocycles. The van der Waals surface area contributed by atoms with Gasteiger partial charge in [-0.3, -0.25) is 9.80 Å². The second kappa shape index (κ2) is 11.8. The van der Waals surface area contributed by atoms with E-state index in [4.69, 9.17) is 14.7 Å². The zero-order valence-electron chi connectivity index (χ0n) is 16.4. The summed E-state index contributed by atoms with van der Waals surface area (Å²) in [5.41, 5.74) is 1.20. The van der Waals surface area contributed by atoms with Crippen LogP contribution in [0.15, 0.2) is 18.2 Å². The Morgan fingerprint density at radius 1 is 1.08 bits per heavy atom. The number of rotatable bonds is 11. The van der Waals surface area contributed by atoms with Crippen molar-refractivity contribution in [2.75, 3.05) is 46.4 Å². The molecule has 0 amide bonds. The van der Waals surface area contributed by atoms with Crippen LogP contribution in [-0.2, 0) is 6.54 Å². The van der Waals surface area contributed by atoms with E-state index in [1.807, 2.05) is 12.1 Å². The van der Waals surface area contributed by atoms with Crippen molar-refractivity contribution in [3.63, 3.8) is 0 Å². The molecule has 26 heavy (non-hydrogen) atoms.